The minimum absolute atomic E-state index is 0.0304. The van der Waals surface area contributed by atoms with Gasteiger partial charge < -0.3 is 0 Å². The van der Waals surface area contributed by atoms with Crippen molar-refractivity contribution in [2.24, 2.45) is 0 Å². The van der Waals surface area contributed by atoms with Crippen LogP contribution in [0.2, 0.25) is 0 Å². The summed E-state index contributed by atoms with van der Waals surface area (Å²) in [5.41, 5.74) is 5.59. The third-order valence-corrected chi connectivity index (χ3v) is 5.74. The van der Waals surface area contributed by atoms with E-state index in [1.165, 1.54) is 29.4 Å². The van der Waals surface area contributed by atoms with Gasteiger partial charge in [-0.05, 0) is 74.2 Å². The van der Waals surface area contributed by atoms with Gasteiger partial charge in [-0.15, -0.1) is 0 Å². The predicted molar refractivity (Wildman–Crippen MR) is 69.2 cm³/mol. The van der Waals surface area contributed by atoms with E-state index in [-0.39, 0.29) is 21.2 Å². The van der Waals surface area contributed by atoms with Gasteiger partial charge in [-0.1, -0.05) is 12.1 Å². The Morgan fingerprint density at radius 1 is 0.588 bits per heavy atom. The van der Waals surface area contributed by atoms with E-state index in [1.807, 2.05) is 0 Å². The molecule has 0 aliphatic heterocycles. The molecular formula is C16H18I+. The van der Waals surface area contributed by atoms with Crippen LogP contribution in [-0.4, -0.2) is 0 Å². The van der Waals surface area contributed by atoms with Gasteiger partial charge in [-0.2, -0.15) is 0 Å². The molecule has 0 aliphatic rings. The number of hydrogen-bond donors (Lipinski definition) is 0. The molecule has 0 saturated heterocycles. The molecule has 0 amide bonds. The fraction of sp³-hybridized carbons (Fsp3) is 0.250. The summed E-state index contributed by atoms with van der Waals surface area (Å²) in [5.74, 6) is 0. The van der Waals surface area contributed by atoms with Crippen molar-refractivity contribution < 1.29 is 21.2 Å². The molecule has 0 atom stereocenters. The van der Waals surface area contributed by atoms with Crippen molar-refractivity contribution in [3.8, 4) is 0 Å². The van der Waals surface area contributed by atoms with Gasteiger partial charge in [0.05, 0.1) is 0 Å². The van der Waals surface area contributed by atoms with Gasteiger partial charge in [0, 0.05) is 0 Å². The molecule has 1 heteroatoms. The fourth-order valence-electron chi connectivity index (χ4n) is 1.65. The molecule has 0 aromatic heterocycles. The highest BCUT2D eigenvalue weighted by molar-refractivity contribution is 5.25. The summed E-state index contributed by atoms with van der Waals surface area (Å²) in [7, 11) is 0. The number of benzene rings is 2. The summed E-state index contributed by atoms with van der Waals surface area (Å²) < 4.78 is 3.02. The maximum atomic E-state index is 2.35. The first-order chi connectivity index (χ1) is 8.06. The molecule has 0 unspecified atom stereocenters. The van der Waals surface area contributed by atoms with Crippen molar-refractivity contribution in [1.29, 1.82) is 0 Å². The van der Waals surface area contributed by atoms with Crippen LogP contribution in [-0.2, 0) is 0 Å². The first kappa shape index (κ1) is 12.6. The summed E-state index contributed by atoms with van der Waals surface area (Å²) in [6.45, 7) is 8.74. The topological polar surface area (TPSA) is 0 Å². The van der Waals surface area contributed by atoms with E-state index in [0.717, 1.165) is 0 Å². The third-order valence-electron chi connectivity index (χ3n) is 3.16. The van der Waals surface area contributed by atoms with Crippen molar-refractivity contribution in [2.45, 2.75) is 27.7 Å². The van der Waals surface area contributed by atoms with E-state index in [0.29, 0.717) is 0 Å². The summed E-state index contributed by atoms with van der Waals surface area (Å²) >= 11 is -0.0304. The Morgan fingerprint density at radius 2 is 1.00 bits per heavy atom. The molecule has 2 aromatic carbocycles. The van der Waals surface area contributed by atoms with Gasteiger partial charge >= 0.3 is 21.2 Å². The van der Waals surface area contributed by atoms with Crippen LogP contribution in [0, 0.1) is 34.8 Å². The van der Waals surface area contributed by atoms with E-state index < -0.39 is 0 Å². The zero-order chi connectivity index (χ0) is 12.4. The molecular weight excluding hydrogens is 319 g/mol. The normalized spacial score (nSPS) is 10.6. The van der Waals surface area contributed by atoms with Gasteiger partial charge in [0.1, 0.15) is 0 Å². The summed E-state index contributed by atoms with van der Waals surface area (Å²) in [6, 6.07) is 13.7. The zero-order valence-electron chi connectivity index (χ0n) is 10.8. The van der Waals surface area contributed by atoms with Gasteiger partial charge in [-0.25, -0.2) is 0 Å². The zero-order valence-corrected chi connectivity index (χ0v) is 13.0. The van der Waals surface area contributed by atoms with Crippen molar-refractivity contribution in [3.05, 3.63) is 65.8 Å². The van der Waals surface area contributed by atoms with Crippen molar-refractivity contribution in [1.82, 2.24) is 0 Å². The first-order valence-corrected chi connectivity index (χ1v) is 8.01. The molecule has 0 nitrogen and oxygen atoms in total. The lowest BCUT2D eigenvalue weighted by atomic mass is 10.1. The molecule has 0 bridgehead atoms. The first-order valence-electron chi connectivity index (χ1n) is 5.85. The molecule has 0 spiro atoms. The maximum Gasteiger partial charge on any atom is 0.357 e. The lowest BCUT2D eigenvalue weighted by molar-refractivity contribution is -0.597. The van der Waals surface area contributed by atoms with Crippen molar-refractivity contribution >= 4 is 0 Å². The predicted octanol–water partition coefficient (Wildman–Crippen LogP) is 1.05. The smallest absolute Gasteiger partial charge is 0.0545 e. The minimum Gasteiger partial charge on any atom is -0.0545 e. The SMILES string of the molecule is Cc1ccc([I+]c2ccc(C)c(C)c2)cc1C. The Morgan fingerprint density at radius 3 is 1.35 bits per heavy atom. The number of aryl methyl sites for hydroxylation is 4. The lowest BCUT2D eigenvalue weighted by Gasteiger charge is -1.98. The van der Waals surface area contributed by atoms with Crippen LogP contribution in [0.5, 0.6) is 0 Å². The van der Waals surface area contributed by atoms with E-state index in [1.54, 1.807) is 0 Å². The van der Waals surface area contributed by atoms with E-state index in [2.05, 4.69) is 64.1 Å². The van der Waals surface area contributed by atoms with Crippen LogP contribution >= 0.6 is 0 Å². The molecule has 17 heavy (non-hydrogen) atoms. The number of halogens is 1. The Labute approximate surface area is 114 Å². The minimum atomic E-state index is -0.0304. The van der Waals surface area contributed by atoms with Crippen LogP contribution in [0.3, 0.4) is 0 Å². The second kappa shape index (κ2) is 5.21. The Kier molecular flexibility index (Phi) is 3.87. The van der Waals surface area contributed by atoms with Crippen LogP contribution in [0.1, 0.15) is 22.3 Å². The quantitative estimate of drug-likeness (QED) is 0.719. The molecule has 0 heterocycles. The Bertz CT molecular complexity index is 492. The highest BCUT2D eigenvalue weighted by Crippen LogP contribution is 2.05. The van der Waals surface area contributed by atoms with Gasteiger partial charge in [0.2, 0.25) is 0 Å². The second-order valence-electron chi connectivity index (χ2n) is 4.55. The van der Waals surface area contributed by atoms with E-state index >= 15 is 0 Å². The van der Waals surface area contributed by atoms with Gasteiger partial charge in [0.15, 0.2) is 7.14 Å². The molecule has 0 radical (unpaired) electrons. The van der Waals surface area contributed by atoms with Crippen molar-refractivity contribution in [2.75, 3.05) is 0 Å². The number of rotatable bonds is 2. The molecule has 0 fully saturated rings. The van der Waals surface area contributed by atoms with Gasteiger partial charge in [-0.3, -0.25) is 0 Å². The largest absolute Gasteiger partial charge is 0.357 e. The summed E-state index contributed by atoms with van der Waals surface area (Å²) in [4.78, 5) is 0. The monoisotopic (exact) mass is 337 g/mol. The average Bonchev–Trinajstić information content (AvgIpc) is 2.29. The molecule has 0 aliphatic carbocycles. The Hall–Kier alpha value is -0.830. The Balaban J connectivity index is 2.25. The van der Waals surface area contributed by atoms with E-state index in [9.17, 15) is 0 Å². The highest BCUT2D eigenvalue weighted by Gasteiger charge is 2.16. The van der Waals surface area contributed by atoms with Crippen molar-refractivity contribution in [3.63, 3.8) is 0 Å². The molecule has 0 saturated carbocycles. The fourth-order valence-corrected chi connectivity index (χ4v) is 4.34. The average molecular weight is 337 g/mol. The standard InChI is InChI=1S/C16H18I/c1-11-5-7-15(9-13(11)3)17-16-8-6-12(2)14(4)10-16/h5-10H,1-4H3/q+1. The van der Waals surface area contributed by atoms with Crippen LogP contribution in [0.15, 0.2) is 36.4 Å². The molecule has 0 N–H and O–H groups in total. The third kappa shape index (κ3) is 3.09. The van der Waals surface area contributed by atoms with Crippen LogP contribution in [0.25, 0.3) is 0 Å². The molecule has 88 valence electrons. The summed E-state index contributed by atoms with van der Waals surface area (Å²) in [6.07, 6.45) is 0. The maximum absolute atomic E-state index is 2.35. The number of hydrogen-bond acceptors (Lipinski definition) is 0. The van der Waals surface area contributed by atoms with Crippen LogP contribution < -0.4 is 21.2 Å². The molecule has 2 aromatic rings. The van der Waals surface area contributed by atoms with E-state index in [4.69, 9.17) is 0 Å². The van der Waals surface area contributed by atoms with Gasteiger partial charge in [0.25, 0.3) is 0 Å². The molecule has 2 rings (SSSR count). The lowest BCUT2D eigenvalue weighted by Crippen LogP contribution is -3.61. The van der Waals surface area contributed by atoms with Crippen LogP contribution in [0.4, 0.5) is 0 Å². The summed E-state index contributed by atoms with van der Waals surface area (Å²) in [5, 5.41) is 0. The highest BCUT2D eigenvalue weighted by atomic mass is 127. The second-order valence-corrected chi connectivity index (χ2v) is 7.58.